The topological polar surface area (TPSA) is 32.3 Å². The van der Waals surface area contributed by atoms with E-state index in [9.17, 15) is 9.18 Å². The van der Waals surface area contributed by atoms with Gasteiger partial charge in [0.05, 0.1) is 6.54 Å². The summed E-state index contributed by atoms with van der Waals surface area (Å²) in [4.78, 5) is 14.1. The van der Waals surface area contributed by atoms with E-state index in [0.717, 1.165) is 30.6 Å². The normalized spacial score (nSPS) is 13.2. The van der Waals surface area contributed by atoms with Crippen LogP contribution in [0.5, 0.6) is 0 Å². The minimum absolute atomic E-state index is 0.101. The van der Waals surface area contributed by atoms with Gasteiger partial charge in [0, 0.05) is 12.2 Å². The van der Waals surface area contributed by atoms with Gasteiger partial charge in [0.1, 0.15) is 5.82 Å². The van der Waals surface area contributed by atoms with E-state index in [4.69, 9.17) is 0 Å². The van der Waals surface area contributed by atoms with Crippen molar-refractivity contribution in [1.82, 2.24) is 5.32 Å². The van der Waals surface area contributed by atoms with Crippen molar-refractivity contribution in [3.63, 3.8) is 0 Å². The molecule has 0 saturated heterocycles. The molecule has 0 fully saturated rings. The number of hydrogen-bond acceptors (Lipinski definition) is 2. The number of rotatable bonds is 5. The molecular weight excluding hydrogens is 279 g/mol. The fourth-order valence-corrected chi connectivity index (χ4v) is 2.77. The molecule has 114 valence electrons. The lowest BCUT2D eigenvalue weighted by atomic mass is 10.1. The van der Waals surface area contributed by atoms with Crippen molar-refractivity contribution in [3.05, 3.63) is 65.5 Å². The third kappa shape index (κ3) is 3.34. The highest BCUT2D eigenvalue weighted by Gasteiger charge is 2.23. The zero-order valence-electron chi connectivity index (χ0n) is 12.4. The van der Waals surface area contributed by atoms with Gasteiger partial charge in [0.15, 0.2) is 0 Å². The standard InChI is InChI=1S/C18H19FN2O/c19-16-7-5-14(6-8-16)9-11-20-13-18(22)21-12-10-15-3-1-2-4-17(15)21/h1-8,20H,9-13H2. The van der Waals surface area contributed by atoms with Gasteiger partial charge >= 0.3 is 0 Å². The van der Waals surface area contributed by atoms with E-state index in [0.29, 0.717) is 13.1 Å². The van der Waals surface area contributed by atoms with Crippen LogP contribution in [0, 0.1) is 5.82 Å². The van der Waals surface area contributed by atoms with Gasteiger partial charge in [0.2, 0.25) is 5.91 Å². The highest BCUT2D eigenvalue weighted by atomic mass is 19.1. The molecule has 22 heavy (non-hydrogen) atoms. The molecule has 1 amide bonds. The van der Waals surface area contributed by atoms with E-state index in [1.807, 2.05) is 23.1 Å². The fourth-order valence-electron chi connectivity index (χ4n) is 2.77. The highest BCUT2D eigenvalue weighted by molar-refractivity contribution is 5.96. The number of fused-ring (bicyclic) bond motifs is 1. The maximum atomic E-state index is 12.8. The van der Waals surface area contributed by atoms with Crippen LogP contribution in [0.1, 0.15) is 11.1 Å². The number of halogens is 1. The summed E-state index contributed by atoms with van der Waals surface area (Å²) in [5, 5.41) is 3.17. The van der Waals surface area contributed by atoms with Gasteiger partial charge in [-0.25, -0.2) is 4.39 Å². The number of carbonyl (C=O) groups is 1. The van der Waals surface area contributed by atoms with Gasteiger partial charge < -0.3 is 10.2 Å². The van der Waals surface area contributed by atoms with Crippen molar-refractivity contribution in [3.8, 4) is 0 Å². The Hall–Kier alpha value is -2.20. The Morgan fingerprint density at radius 3 is 2.73 bits per heavy atom. The Bertz CT molecular complexity index is 654. The highest BCUT2D eigenvalue weighted by Crippen LogP contribution is 2.27. The van der Waals surface area contributed by atoms with E-state index < -0.39 is 0 Å². The SMILES string of the molecule is O=C(CNCCc1ccc(F)cc1)N1CCc2ccccc21. The van der Waals surface area contributed by atoms with Crippen LogP contribution in [-0.2, 0) is 17.6 Å². The zero-order chi connectivity index (χ0) is 15.4. The predicted molar refractivity (Wildman–Crippen MR) is 85.5 cm³/mol. The summed E-state index contributed by atoms with van der Waals surface area (Å²) in [7, 11) is 0. The second-order valence-electron chi connectivity index (χ2n) is 5.48. The van der Waals surface area contributed by atoms with Crippen LogP contribution < -0.4 is 10.2 Å². The molecule has 1 aliphatic rings. The first-order chi connectivity index (χ1) is 10.7. The van der Waals surface area contributed by atoms with Gasteiger partial charge in [-0.2, -0.15) is 0 Å². The molecule has 3 nitrogen and oxygen atoms in total. The zero-order valence-corrected chi connectivity index (χ0v) is 12.4. The number of anilines is 1. The Labute approximate surface area is 129 Å². The van der Waals surface area contributed by atoms with Gasteiger partial charge in [-0.3, -0.25) is 4.79 Å². The molecule has 0 atom stereocenters. The number of carbonyl (C=O) groups excluding carboxylic acids is 1. The summed E-state index contributed by atoms with van der Waals surface area (Å²) in [5.74, 6) is -0.122. The van der Waals surface area contributed by atoms with Crippen LogP contribution in [0.15, 0.2) is 48.5 Å². The van der Waals surface area contributed by atoms with Crippen molar-refractivity contribution in [2.45, 2.75) is 12.8 Å². The predicted octanol–water partition coefficient (Wildman–Crippen LogP) is 2.55. The van der Waals surface area contributed by atoms with E-state index in [1.54, 1.807) is 12.1 Å². The number of amides is 1. The maximum Gasteiger partial charge on any atom is 0.240 e. The van der Waals surface area contributed by atoms with Crippen LogP contribution in [0.25, 0.3) is 0 Å². The fraction of sp³-hybridized carbons (Fsp3) is 0.278. The minimum atomic E-state index is -0.223. The molecule has 0 unspecified atom stereocenters. The summed E-state index contributed by atoms with van der Waals surface area (Å²) >= 11 is 0. The third-order valence-corrected chi connectivity index (χ3v) is 3.97. The van der Waals surface area contributed by atoms with Crippen LogP contribution in [0.4, 0.5) is 10.1 Å². The molecule has 0 spiro atoms. The lowest BCUT2D eigenvalue weighted by Crippen LogP contribution is -2.37. The lowest BCUT2D eigenvalue weighted by molar-refractivity contribution is -0.117. The lowest BCUT2D eigenvalue weighted by Gasteiger charge is -2.17. The molecule has 1 heterocycles. The van der Waals surface area contributed by atoms with E-state index in [1.165, 1.54) is 17.7 Å². The van der Waals surface area contributed by atoms with Crippen molar-refractivity contribution >= 4 is 11.6 Å². The Balaban J connectivity index is 1.46. The average Bonchev–Trinajstić information content (AvgIpc) is 2.97. The molecule has 2 aromatic carbocycles. The number of hydrogen-bond donors (Lipinski definition) is 1. The molecule has 0 aliphatic carbocycles. The van der Waals surface area contributed by atoms with Crippen LogP contribution in [0.3, 0.4) is 0 Å². The summed E-state index contributed by atoms with van der Waals surface area (Å²) in [6, 6.07) is 14.5. The third-order valence-electron chi connectivity index (χ3n) is 3.97. The Morgan fingerprint density at radius 1 is 1.14 bits per heavy atom. The summed E-state index contributed by atoms with van der Waals surface area (Å²) in [6.07, 6.45) is 1.71. The minimum Gasteiger partial charge on any atom is -0.311 e. The number of para-hydroxylation sites is 1. The second kappa shape index (κ2) is 6.71. The van der Waals surface area contributed by atoms with Crippen LogP contribution >= 0.6 is 0 Å². The van der Waals surface area contributed by atoms with Crippen molar-refractivity contribution in [2.24, 2.45) is 0 Å². The monoisotopic (exact) mass is 298 g/mol. The van der Waals surface area contributed by atoms with Gasteiger partial charge in [-0.15, -0.1) is 0 Å². The molecule has 4 heteroatoms. The first kappa shape index (κ1) is 14.7. The molecule has 1 aliphatic heterocycles. The molecule has 2 aromatic rings. The molecule has 3 rings (SSSR count). The Kier molecular flexibility index (Phi) is 4.49. The van der Waals surface area contributed by atoms with Crippen molar-refractivity contribution in [2.75, 3.05) is 24.5 Å². The largest absolute Gasteiger partial charge is 0.311 e. The molecular formula is C18H19FN2O. The van der Waals surface area contributed by atoms with E-state index in [2.05, 4.69) is 11.4 Å². The molecule has 0 bridgehead atoms. The quantitative estimate of drug-likeness (QED) is 0.860. The molecule has 1 N–H and O–H groups in total. The van der Waals surface area contributed by atoms with E-state index in [-0.39, 0.29) is 11.7 Å². The number of benzene rings is 2. The van der Waals surface area contributed by atoms with Crippen LogP contribution in [0.2, 0.25) is 0 Å². The van der Waals surface area contributed by atoms with Gasteiger partial charge in [0.25, 0.3) is 0 Å². The smallest absolute Gasteiger partial charge is 0.240 e. The van der Waals surface area contributed by atoms with Crippen LogP contribution in [-0.4, -0.2) is 25.5 Å². The molecule has 0 radical (unpaired) electrons. The molecule has 0 aromatic heterocycles. The number of nitrogens with zero attached hydrogens (tertiary/aromatic N) is 1. The van der Waals surface area contributed by atoms with Crippen molar-refractivity contribution in [1.29, 1.82) is 0 Å². The maximum absolute atomic E-state index is 12.8. The Morgan fingerprint density at radius 2 is 1.91 bits per heavy atom. The average molecular weight is 298 g/mol. The van der Waals surface area contributed by atoms with Gasteiger partial charge in [-0.05, 0) is 48.7 Å². The first-order valence-electron chi connectivity index (χ1n) is 7.57. The summed E-state index contributed by atoms with van der Waals surface area (Å²) in [6.45, 7) is 1.79. The summed E-state index contributed by atoms with van der Waals surface area (Å²) in [5.41, 5.74) is 3.34. The van der Waals surface area contributed by atoms with Crippen molar-refractivity contribution < 1.29 is 9.18 Å². The summed E-state index contributed by atoms with van der Waals surface area (Å²) < 4.78 is 12.8. The van der Waals surface area contributed by atoms with E-state index >= 15 is 0 Å². The number of nitrogens with one attached hydrogen (secondary N) is 1. The first-order valence-corrected chi connectivity index (χ1v) is 7.57. The molecule has 0 saturated carbocycles. The van der Waals surface area contributed by atoms with Gasteiger partial charge in [-0.1, -0.05) is 30.3 Å². The second-order valence-corrected chi connectivity index (χ2v) is 5.48.